The number of hydrogen-bond donors (Lipinski definition) is 1. The van der Waals surface area contributed by atoms with Gasteiger partial charge in [0.2, 0.25) is 0 Å². The molecule has 5 heteroatoms. The first-order chi connectivity index (χ1) is 11.1. The molecule has 0 spiro atoms. The van der Waals surface area contributed by atoms with Gasteiger partial charge in [0.05, 0.1) is 6.10 Å². The third-order valence-electron chi connectivity index (χ3n) is 4.60. The van der Waals surface area contributed by atoms with Crippen molar-refractivity contribution in [2.75, 3.05) is 20.2 Å². The van der Waals surface area contributed by atoms with Crippen molar-refractivity contribution in [2.45, 2.75) is 64.8 Å². The molecule has 0 radical (unpaired) electrons. The van der Waals surface area contributed by atoms with E-state index in [0.717, 1.165) is 30.2 Å². The molecule has 0 bridgehead atoms. The standard InChI is InChI=1S/C19H34ClNO2Si/c1-8-9-15-10-16(20)12-17(11-15)22-14-18(13-21-5)23-24(6,7)19(2,3)4/h10-12,18,21H,8-9,13-14H2,1-7H3. The number of aryl methyl sites for hydroxylation is 1. The van der Waals surface area contributed by atoms with Crippen LogP contribution in [0, 0.1) is 0 Å². The molecule has 1 rings (SSSR count). The summed E-state index contributed by atoms with van der Waals surface area (Å²) < 4.78 is 12.5. The van der Waals surface area contributed by atoms with Gasteiger partial charge in [-0.3, -0.25) is 0 Å². The van der Waals surface area contributed by atoms with E-state index in [2.05, 4.69) is 52.2 Å². The largest absolute Gasteiger partial charge is 0.491 e. The van der Waals surface area contributed by atoms with Gasteiger partial charge in [-0.2, -0.15) is 0 Å². The van der Waals surface area contributed by atoms with Crippen LogP contribution in [-0.2, 0) is 10.8 Å². The topological polar surface area (TPSA) is 30.5 Å². The van der Waals surface area contributed by atoms with Crippen molar-refractivity contribution >= 4 is 19.9 Å². The van der Waals surface area contributed by atoms with Gasteiger partial charge in [-0.05, 0) is 55.4 Å². The predicted molar refractivity (Wildman–Crippen MR) is 107 cm³/mol. The predicted octanol–water partition coefficient (Wildman–Crippen LogP) is 5.28. The molecule has 0 aliphatic heterocycles. The molecule has 138 valence electrons. The fourth-order valence-electron chi connectivity index (χ4n) is 2.28. The highest BCUT2D eigenvalue weighted by atomic mass is 35.5. The maximum atomic E-state index is 6.49. The number of rotatable bonds is 9. The molecule has 0 amide bonds. The number of hydrogen-bond acceptors (Lipinski definition) is 3. The summed E-state index contributed by atoms with van der Waals surface area (Å²) in [5.41, 5.74) is 1.22. The Morgan fingerprint density at radius 1 is 1.21 bits per heavy atom. The highest BCUT2D eigenvalue weighted by Crippen LogP contribution is 2.37. The molecule has 0 aromatic heterocycles. The highest BCUT2D eigenvalue weighted by molar-refractivity contribution is 6.74. The zero-order valence-corrected chi connectivity index (χ0v) is 18.1. The van der Waals surface area contributed by atoms with E-state index in [1.807, 2.05) is 19.2 Å². The van der Waals surface area contributed by atoms with Crippen LogP contribution >= 0.6 is 11.6 Å². The van der Waals surface area contributed by atoms with Crippen molar-refractivity contribution in [3.63, 3.8) is 0 Å². The van der Waals surface area contributed by atoms with Gasteiger partial charge in [0, 0.05) is 11.6 Å². The normalized spacial score (nSPS) is 13.8. The molecule has 0 aliphatic carbocycles. The Morgan fingerprint density at radius 2 is 1.88 bits per heavy atom. The summed E-state index contributed by atoms with van der Waals surface area (Å²) >= 11 is 6.21. The third-order valence-corrected chi connectivity index (χ3v) is 9.36. The number of ether oxygens (including phenoxy) is 1. The van der Waals surface area contributed by atoms with Crippen molar-refractivity contribution in [1.82, 2.24) is 5.32 Å². The van der Waals surface area contributed by atoms with Gasteiger partial charge in [0.25, 0.3) is 0 Å². The molecular formula is C19H34ClNO2Si. The molecule has 1 aromatic rings. The van der Waals surface area contributed by atoms with Gasteiger partial charge < -0.3 is 14.5 Å². The molecule has 0 saturated carbocycles. The van der Waals surface area contributed by atoms with Gasteiger partial charge >= 0.3 is 0 Å². The minimum absolute atomic E-state index is 0.0319. The second-order valence-electron chi connectivity index (χ2n) is 7.91. The average Bonchev–Trinajstić information content (AvgIpc) is 2.43. The highest BCUT2D eigenvalue weighted by Gasteiger charge is 2.39. The number of likely N-dealkylation sites (N-methyl/N-ethyl adjacent to an activating group) is 1. The Labute approximate surface area is 154 Å². The molecule has 0 heterocycles. The van der Waals surface area contributed by atoms with E-state index < -0.39 is 8.32 Å². The second kappa shape index (κ2) is 9.23. The molecule has 1 unspecified atom stereocenters. The van der Waals surface area contributed by atoms with Crippen LogP contribution in [-0.4, -0.2) is 34.6 Å². The lowest BCUT2D eigenvalue weighted by atomic mass is 10.1. The van der Waals surface area contributed by atoms with Crippen molar-refractivity contribution in [2.24, 2.45) is 0 Å². The van der Waals surface area contributed by atoms with Crippen LogP contribution in [0.3, 0.4) is 0 Å². The number of halogens is 1. The lowest BCUT2D eigenvalue weighted by molar-refractivity contribution is 0.115. The van der Waals surface area contributed by atoms with Gasteiger partial charge in [0.15, 0.2) is 8.32 Å². The van der Waals surface area contributed by atoms with Gasteiger partial charge in [-0.25, -0.2) is 0 Å². The molecule has 0 saturated heterocycles. The minimum Gasteiger partial charge on any atom is -0.491 e. The van der Waals surface area contributed by atoms with Crippen LogP contribution in [0.25, 0.3) is 0 Å². The van der Waals surface area contributed by atoms with E-state index in [0.29, 0.717) is 6.61 Å². The zero-order chi connectivity index (χ0) is 18.4. The monoisotopic (exact) mass is 371 g/mol. The Morgan fingerprint density at radius 3 is 2.42 bits per heavy atom. The van der Waals surface area contributed by atoms with Crippen molar-refractivity contribution in [1.29, 1.82) is 0 Å². The smallest absolute Gasteiger partial charge is 0.192 e. The number of benzene rings is 1. The number of nitrogens with one attached hydrogen (secondary N) is 1. The SMILES string of the molecule is CCCc1cc(Cl)cc(OCC(CNC)O[Si](C)(C)C(C)(C)C)c1. The minimum atomic E-state index is -1.82. The molecule has 0 aliphatic rings. The zero-order valence-electron chi connectivity index (χ0n) is 16.3. The van der Waals surface area contributed by atoms with Crippen LogP contribution in [0.1, 0.15) is 39.7 Å². The van der Waals surface area contributed by atoms with Crippen molar-refractivity contribution in [3.05, 3.63) is 28.8 Å². The van der Waals surface area contributed by atoms with Crippen LogP contribution in [0.2, 0.25) is 23.2 Å². The lowest BCUT2D eigenvalue weighted by Crippen LogP contribution is -2.47. The summed E-state index contributed by atoms with van der Waals surface area (Å²) in [7, 11) is 0.121. The molecule has 1 atom stereocenters. The summed E-state index contributed by atoms with van der Waals surface area (Å²) in [6.07, 6.45) is 2.14. The van der Waals surface area contributed by atoms with Crippen LogP contribution in [0.15, 0.2) is 18.2 Å². The van der Waals surface area contributed by atoms with Crippen molar-refractivity contribution < 1.29 is 9.16 Å². The summed E-state index contributed by atoms with van der Waals surface area (Å²) in [4.78, 5) is 0. The fourth-order valence-corrected chi connectivity index (χ4v) is 3.87. The maximum Gasteiger partial charge on any atom is 0.192 e. The summed E-state index contributed by atoms with van der Waals surface area (Å²) in [6.45, 7) is 14.8. The van der Waals surface area contributed by atoms with E-state index in [9.17, 15) is 0 Å². The van der Waals surface area contributed by atoms with E-state index in [4.69, 9.17) is 20.8 Å². The molecule has 0 fully saturated rings. The molecule has 1 N–H and O–H groups in total. The molecular weight excluding hydrogens is 338 g/mol. The molecule has 24 heavy (non-hydrogen) atoms. The first-order valence-electron chi connectivity index (χ1n) is 8.83. The summed E-state index contributed by atoms with van der Waals surface area (Å²) in [6, 6.07) is 5.97. The van der Waals surface area contributed by atoms with Crippen LogP contribution < -0.4 is 10.1 Å². The average molecular weight is 372 g/mol. The first kappa shape index (κ1) is 21.5. The third kappa shape index (κ3) is 6.75. The fraction of sp³-hybridized carbons (Fsp3) is 0.684. The van der Waals surface area contributed by atoms with E-state index >= 15 is 0 Å². The van der Waals surface area contributed by atoms with Crippen LogP contribution in [0.5, 0.6) is 5.75 Å². The second-order valence-corrected chi connectivity index (χ2v) is 13.1. The molecule has 1 aromatic carbocycles. The summed E-state index contributed by atoms with van der Waals surface area (Å²) in [5, 5.41) is 4.12. The summed E-state index contributed by atoms with van der Waals surface area (Å²) in [5.74, 6) is 0.825. The van der Waals surface area contributed by atoms with Gasteiger partial charge in [-0.1, -0.05) is 45.7 Å². The van der Waals surface area contributed by atoms with Crippen LogP contribution in [0.4, 0.5) is 0 Å². The Kier molecular flexibility index (Phi) is 8.26. The maximum absolute atomic E-state index is 6.49. The first-order valence-corrected chi connectivity index (χ1v) is 12.1. The Balaban J connectivity index is 2.76. The van der Waals surface area contributed by atoms with Gasteiger partial charge in [-0.15, -0.1) is 0 Å². The quantitative estimate of drug-likeness (QED) is 0.599. The molecule has 3 nitrogen and oxygen atoms in total. The van der Waals surface area contributed by atoms with E-state index in [1.165, 1.54) is 5.56 Å². The van der Waals surface area contributed by atoms with Crippen molar-refractivity contribution in [3.8, 4) is 5.75 Å². The lowest BCUT2D eigenvalue weighted by Gasteiger charge is -2.39. The Bertz CT molecular complexity index is 515. The Hall–Kier alpha value is -0.553. The van der Waals surface area contributed by atoms with E-state index in [-0.39, 0.29) is 11.1 Å². The van der Waals surface area contributed by atoms with Gasteiger partial charge in [0.1, 0.15) is 12.4 Å². The van der Waals surface area contributed by atoms with E-state index in [1.54, 1.807) is 0 Å².